The van der Waals surface area contributed by atoms with E-state index in [2.05, 4.69) is 11.9 Å². The van der Waals surface area contributed by atoms with Crippen molar-refractivity contribution in [2.75, 3.05) is 20.7 Å². The third kappa shape index (κ3) is 7.35. The van der Waals surface area contributed by atoms with Crippen LogP contribution in [0, 0.1) is 0 Å². The van der Waals surface area contributed by atoms with Crippen molar-refractivity contribution in [3.05, 3.63) is 12.7 Å². The normalized spacial score (nSPS) is 13.7. The lowest BCUT2D eigenvalue weighted by Gasteiger charge is -2.21. The van der Waals surface area contributed by atoms with Crippen molar-refractivity contribution in [1.82, 2.24) is 10.2 Å². The monoisotopic (exact) mass is 244 g/mol. The van der Waals surface area contributed by atoms with Crippen molar-refractivity contribution in [3.8, 4) is 0 Å². The molecule has 0 heterocycles. The maximum Gasteiger partial charge on any atom is 0.409 e. The molecule has 0 spiro atoms. The van der Waals surface area contributed by atoms with E-state index in [9.17, 15) is 9.59 Å². The van der Waals surface area contributed by atoms with Gasteiger partial charge in [-0.25, -0.2) is 9.59 Å². The zero-order valence-corrected chi connectivity index (χ0v) is 10.7. The first-order valence-electron chi connectivity index (χ1n) is 5.29. The van der Waals surface area contributed by atoms with Gasteiger partial charge in [-0.2, -0.15) is 0 Å². The lowest BCUT2D eigenvalue weighted by Crippen LogP contribution is -2.40. The Morgan fingerprint density at radius 3 is 2.47 bits per heavy atom. The second-order valence-corrected chi connectivity index (χ2v) is 3.85. The van der Waals surface area contributed by atoms with Crippen LogP contribution in [0.1, 0.15) is 13.8 Å². The summed E-state index contributed by atoms with van der Waals surface area (Å²) in [4.78, 5) is 23.9. The molecule has 0 saturated carbocycles. The highest BCUT2D eigenvalue weighted by atomic mass is 16.6. The topological polar surface area (TPSA) is 67.9 Å². The molecule has 6 nitrogen and oxygen atoms in total. The minimum Gasteiger partial charge on any atom is -0.460 e. The van der Waals surface area contributed by atoms with Crippen molar-refractivity contribution in [1.29, 1.82) is 0 Å². The lowest BCUT2D eigenvalue weighted by molar-refractivity contribution is -0.138. The molecule has 2 unspecified atom stereocenters. The number of nitrogens with one attached hydrogen (secondary N) is 1. The highest BCUT2D eigenvalue weighted by Crippen LogP contribution is 1.95. The Kier molecular flexibility index (Phi) is 6.97. The molecule has 0 aromatic rings. The first-order chi connectivity index (χ1) is 7.86. The van der Waals surface area contributed by atoms with Gasteiger partial charge in [0.2, 0.25) is 0 Å². The molecule has 0 aromatic heterocycles. The summed E-state index contributed by atoms with van der Waals surface area (Å²) in [6.07, 6.45) is 0.199. The number of nitrogens with zero attached hydrogens (tertiary/aromatic N) is 1. The summed E-state index contributed by atoms with van der Waals surface area (Å²) >= 11 is 0. The molecule has 0 saturated heterocycles. The van der Waals surface area contributed by atoms with Crippen LogP contribution < -0.4 is 5.32 Å². The van der Waals surface area contributed by atoms with Crippen LogP contribution >= 0.6 is 0 Å². The van der Waals surface area contributed by atoms with Gasteiger partial charge in [-0.05, 0) is 27.9 Å². The molecule has 0 radical (unpaired) electrons. The minimum absolute atomic E-state index is 0.0797. The zero-order valence-electron chi connectivity index (χ0n) is 10.7. The number of ether oxygens (including phenoxy) is 2. The molecular formula is C11H20N2O4. The number of carbonyl (C=O) groups is 2. The van der Waals surface area contributed by atoms with Gasteiger partial charge in [0.25, 0.3) is 0 Å². The van der Waals surface area contributed by atoms with Gasteiger partial charge in [-0.15, -0.1) is 0 Å². The first kappa shape index (κ1) is 15.4. The molecular weight excluding hydrogens is 224 g/mol. The van der Waals surface area contributed by atoms with Crippen LogP contribution in [0.25, 0.3) is 0 Å². The summed E-state index contributed by atoms with van der Waals surface area (Å²) in [5, 5.41) is 2.55. The van der Waals surface area contributed by atoms with E-state index < -0.39 is 12.1 Å². The number of hydrogen-bond acceptors (Lipinski definition) is 5. The molecule has 0 bridgehead atoms. The van der Waals surface area contributed by atoms with E-state index in [0.717, 1.165) is 6.08 Å². The van der Waals surface area contributed by atoms with Gasteiger partial charge >= 0.3 is 12.1 Å². The predicted molar refractivity (Wildman–Crippen MR) is 63.4 cm³/mol. The molecule has 2 atom stereocenters. The number of carbonyl (C=O) groups excluding carboxylic acids is 2. The molecule has 0 fully saturated rings. The molecule has 6 heteroatoms. The van der Waals surface area contributed by atoms with E-state index in [1.165, 1.54) is 0 Å². The molecule has 98 valence electrons. The minimum atomic E-state index is -0.548. The Hall–Kier alpha value is -1.56. The third-order valence-corrected chi connectivity index (χ3v) is 2.01. The van der Waals surface area contributed by atoms with E-state index in [1.807, 2.05) is 0 Å². The summed E-state index contributed by atoms with van der Waals surface area (Å²) in [6, 6.07) is -0.319. The number of amides is 1. The van der Waals surface area contributed by atoms with Crippen LogP contribution in [0.3, 0.4) is 0 Å². The van der Waals surface area contributed by atoms with Gasteiger partial charge in [0.1, 0.15) is 6.61 Å². The molecule has 1 amide bonds. The van der Waals surface area contributed by atoms with E-state index in [-0.39, 0.29) is 18.9 Å². The van der Waals surface area contributed by atoms with Crippen LogP contribution in [-0.4, -0.2) is 49.9 Å². The Balaban J connectivity index is 3.87. The zero-order chi connectivity index (χ0) is 13.4. The summed E-state index contributed by atoms with van der Waals surface area (Å²) in [6.45, 7) is 6.80. The van der Waals surface area contributed by atoms with Gasteiger partial charge in [-0.1, -0.05) is 6.58 Å². The molecule has 0 aliphatic rings. The van der Waals surface area contributed by atoms with Gasteiger partial charge < -0.3 is 14.8 Å². The average molecular weight is 244 g/mol. The third-order valence-electron chi connectivity index (χ3n) is 2.01. The molecule has 0 rings (SSSR count). The Morgan fingerprint density at radius 1 is 1.41 bits per heavy atom. The first-order valence-corrected chi connectivity index (χ1v) is 5.29. The van der Waals surface area contributed by atoms with Crippen molar-refractivity contribution in [2.45, 2.75) is 26.1 Å². The second kappa shape index (κ2) is 7.67. The summed E-state index contributed by atoms with van der Waals surface area (Å²) in [5.74, 6) is -0.520. The fourth-order valence-corrected chi connectivity index (χ4v) is 0.803. The van der Waals surface area contributed by atoms with E-state index >= 15 is 0 Å². The van der Waals surface area contributed by atoms with Crippen LogP contribution in [0.15, 0.2) is 12.7 Å². The molecule has 17 heavy (non-hydrogen) atoms. The van der Waals surface area contributed by atoms with Crippen molar-refractivity contribution in [2.24, 2.45) is 0 Å². The maximum absolute atomic E-state index is 11.4. The number of rotatable bonds is 6. The van der Waals surface area contributed by atoms with Crippen molar-refractivity contribution in [3.63, 3.8) is 0 Å². The number of hydrogen-bond donors (Lipinski definition) is 1. The predicted octanol–water partition coefficient (Wildman–Crippen LogP) is 0.738. The molecule has 0 aromatic carbocycles. The van der Waals surface area contributed by atoms with E-state index in [1.54, 1.807) is 32.8 Å². The van der Waals surface area contributed by atoms with Gasteiger partial charge in [0.15, 0.2) is 6.23 Å². The Morgan fingerprint density at radius 2 is 2.00 bits per heavy atom. The fourth-order valence-electron chi connectivity index (χ4n) is 0.803. The van der Waals surface area contributed by atoms with Crippen LogP contribution in [0.5, 0.6) is 0 Å². The summed E-state index contributed by atoms with van der Waals surface area (Å²) in [5.41, 5.74) is 0. The van der Waals surface area contributed by atoms with Crippen molar-refractivity contribution >= 4 is 12.1 Å². The van der Waals surface area contributed by atoms with Crippen molar-refractivity contribution < 1.29 is 19.1 Å². The number of alkyl carbamates (subject to hydrolysis) is 1. The highest BCUT2D eigenvalue weighted by molar-refractivity contribution is 5.81. The Bertz CT molecular complexity index is 279. The summed E-state index contributed by atoms with van der Waals surface area (Å²) < 4.78 is 9.80. The Labute approximate surface area is 102 Å². The number of esters is 1. The average Bonchev–Trinajstić information content (AvgIpc) is 2.25. The van der Waals surface area contributed by atoms with Gasteiger partial charge in [-0.3, -0.25) is 4.90 Å². The smallest absolute Gasteiger partial charge is 0.409 e. The second-order valence-electron chi connectivity index (χ2n) is 3.85. The fraction of sp³-hybridized carbons (Fsp3) is 0.636. The van der Waals surface area contributed by atoms with E-state index in [4.69, 9.17) is 9.47 Å². The SMILES string of the molecule is C=CC(=O)OCC(C)NC(=O)OC(C)N(C)C. The van der Waals surface area contributed by atoms with Crippen LogP contribution in [0.2, 0.25) is 0 Å². The van der Waals surface area contributed by atoms with E-state index in [0.29, 0.717) is 0 Å². The summed E-state index contributed by atoms with van der Waals surface area (Å²) in [7, 11) is 3.60. The maximum atomic E-state index is 11.4. The molecule has 1 N–H and O–H groups in total. The van der Waals surface area contributed by atoms with Crippen LogP contribution in [-0.2, 0) is 14.3 Å². The molecule has 0 aliphatic carbocycles. The standard InChI is InChI=1S/C11H20N2O4/c1-6-10(14)16-7-8(2)12-11(15)17-9(3)13(4)5/h6,8-9H,1,7H2,2-5H3,(H,12,15). The lowest BCUT2D eigenvalue weighted by atomic mass is 10.4. The highest BCUT2D eigenvalue weighted by Gasteiger charge is 2.14. The van der Waals surface area contributed by atoms with Gasteiger partial charge in [0.05, 0.1) is 6.04 Å². The van der Waals surface area contributed by atoms with Crippen LogP contribution in [0.4, 0.5) is 4.79 Å². The quantitative estimate of drug-likeness (QED) is 0.424. The largest absolute Gasteiger partial charge is 0.460 e. The van der Waals surface area contributed by atoms with Gasteiger partial charge in [0, 0.05) is 6.08 Å². The molecule has 0 aliphatic heterocycles.